The number of amides is 1. The van der Waals surface area contributed by atoms with Gasteiger partial charge in [-0.25, -0.2) is 4.98 Å². The van der Waals surface area contributed by atoms with Crippen LogP contribution in [0.15, 0.2) is 24.3 Å². The van der Waals surface area contributed by atoms with Gasteiger partial charge in [0.2, 0.25) is 0 Å². The number of aromatic nitrogens is 2. The lowest BCUT2D eigenvalue weighted by Crippen LogP contribution is -2.36. The number of rotatable bonds is 2. The highest BCUT2D eigenvalue weighted by Gasteiger charge is 2.34. The summed E-state index contributed by atoms with van der Waals surface area (Å²) in [6, 6.07) is 4.65. The first-order valence-corrected chi connectivity index (χ1v) is 10.1. The fraction of sp³-hybridized carbons (Fsp3) is 0.364. The van der Waals surface area contributed by atoms with Gasteiger partial charge in [-0.15, -0.1) is 0 Å². The zero-order valence-electron chi connectivity index (χ0n) is 17.4. The number of benzene rings is 1. The molecule has 4 heterocycles. The van der Waals surface area contributed by atoms with Crippen molar-refractivity contribution in [1.29, 1.82) is 0 Å². The molecule has 0 fully saturated rings. The Labute approximate surface area is 181 Å². The van der Waals surface area contributed by atoms with E-state index >= 15 is 0 Å². The van der Waals surface area contributed by atoms with Crippen molar-refractivity contribution in [2.24, 2.45) is 0 Å². The Morgan fingerprint density at radius 3 is 2.81 bits per heavy atom. The van der Waals surface area contributed by atoms with E-state index in [2.05, 4.69) is 9.97 Å². The monoisotopic (exact) mass is 446 g/mol. The number of nitrogens with zero attached hydrogens (tertiary/aromatic N) is 2. The number of nitrogens with one attached hydrogen (secondary N) is 1. The number of aromatic amines is 1. The summed E-state index contributed by atoms with van der Waals surface area (Å²) in [6.45, 7) is 2.52. The quantitative estimate of drug-likeness (QED) is 0.618. The number of carbonyl (C=O) groups excluding carboxylic acids is 1. The van der Waals surface area contributed by atoms with Crippen molar-refractivity contribution in [3.05, 3.63) is 57.8 Å². The SMILES string of the molecule is C[C@H]1OCc2c1c(N)nc1cc(C(=O)N(C)[C@@H]3COCc4cc(C(F)(F)F)ccc43)[nH]c21. The van der Waals surface area contributed by atoms with E-state index in [-0.39, 0.29) is 25.2 Å². The van der Waals surface area contributed by atoms with E-state index in [1.807, 2.05) is 6.92 Å². The second-order valence-corrected chi connectivity index (χ2v) is 8.14. The highest BCUT2D eigenvalue weighted by atomic mass is 19.4. The lowest BCUT2D eigenvalue weighted by atomic mass is 9.95. The van der Waals surface area contributed by atoms with Crippen LogP contribution in [0.1, 0.15) is 57.4 Å². The number of H-pyrrole nitrogens is 1. The largest absolute Gasteiger partial charge is 0.416 e. The minimum absolute atomic E-state index is 0.0672. The first kappa shape index (κ1) is 20.8. The third kappa shape index (κ3) is 3.21. The number of anilines is 1. The maximum atomic E-state index is 13.3. The number of hydrogen-bond acceptors (Lipinski definition) is 5. The van der Waals surface area contributed by atoms with E-state index in [0.29, 0.717) is 40.3 Å². The molecule has 0 saturated heterocycles. The highest BCUT2D eigenvalue weighted by Crippen LogP contribution is 2.39. The molecular formula is C22H21F3N4O3. The van der Waals surface area contributed by atoms with Crippen molar-refractivity contribution in [3.63, 3.8) is 0 Å². The summed E-state index contributed by atoms with van der Waals surface area (Å²) in [5.74, 6) is 0.0440. The molecule has 1 amide bonds. The molecule has 3 N–H and O–H groups in total. The van der Waals surface area contributed by atoms with E-state index in [9.17, 15) is 18.0 Å². The van der Waals surface area contributed by atoms with E-state index in [1.54, 1.807) is 13.1 Å². The molecule has 10 heteroatoms. The van der Waals surface area contributed by atoms with Crippen molar-refractivity contribution in [1.82, 2.24) is 14.9 Å². The Hall–Kier alpha value is -3.11. The fourth-order valence-electron chi connectivity index (χ4n) is 4.51. The van der Waals surface area contributed by atoms with Crippen LogP contribution in [0.2, 0.25) is 0 Å². The summed E-state index contributed by atoms with van der Waals surface area (Å²) in [6.07, 6.45) is -4.62. The second kappa shape index (κ2) is 7.21. The van der Waals surface area contributed by atoms with Crippen molar-refractivity contribution >= 4 is 22.8 Å². The summed E-state index contributed by atoms with van der Waals surface area (Å²) in [7, 11) is 1.60. The Morgan fingerprint density at radius 2 is 2.06 bits per heavy atom. The number of halogens is 3. The number of carbonyl (C=O) groups is 1. The zero-order chi connectivity index (χ0) is 22.8. The van der Waals surface area contributed by atoms with Crippen molar-refractivity contribution in [2.75, 3.05) is 19.4 Å². The predicted molar refractivity (Wildman–Crippen MR) is 110 cm³/mol. The van der Waals surface area contributed by atoms with Gasteiger partial charge in [-0.2, -0.15) is 13.2 Å². The number of hydrogen-bond donors (Lipinski definition) is 2. The summed E-state index contributed by atoms with van der Waals surface area (Å²) >= 11 is 0. The number of ether oxygens (including phenoxy) is 2. The number of fused-ring (bicyclic) bond motifs is 4. The summed E-state index contributed by atoms with van der Waals surface area (Å²) in [5.41, 5.74) is 9.69. The van der Waals surface area contributed by atoms with Gasteiger partial charge in [-0.05, 0) is 36.2 Å². The van der Waals surface area contributed by atoms with Gasteiger partial charge in [0.15, 0.2) is 0 Å². The van der Waals surface area contributed by atoms with E-state index in [0.717, 1.165) is 23.3 Å². The molecule has 1 aromatic carbocycles. The van der Waals surface area contributed by atoms with Crippen molar-refractivity contribution in [2.45, 2.75) is 38.5 Å². The third-order valence-corrected chi connectivity index (χ3v) is 6.21. The number of likely N-dealkylation sites (N-methyl/N-ethyl adjacent to an activating group) is 1. The van der Waals surface area contributed by atoms with Crippen LogP contribution in [0.4, 0.5) is 19.0 Å². The molecule has 2 aromatic heterocycles. The van der Waals surface area contributed by atoms with Crippen LogP contribution in [0.3, 0.4) is 0 Å². The average Bonchev–Trinajstić information content (AvgIpc) is 3.35. The molecule has 0 bridgehead atoms. The number of pyridine rings is 1. The molecule has 2 aliphatic heterocycles. The number of nitrogen functional groups attached to an aromatic ring is 1. The second-order valence-electron chi connectivity index (χ2n) is 8.14. The third-order valence-electron chi connectivity index (χ3n) is 6.21. The topological polar surface area (TPSA) is 93.5 Å². The molecule has 7 nitrogen and oxygen atoms in total. The lowest BCUT2D eigenvalue weighted by Gasteiger charge is -2.33. The van der Waals surface area contributed by atoms with E-state index < -0.39 is 17.8 Å². The lowest BCUT2D eigenvalue weighted by molar-refractivity contribution is -0.137. The minimum Gasteiger partial charge on any atom is -0.383 e. The molecular weight excluding hydrogens is 425 g/mol. The van der Waals surface area contributed by atoms with Gasteiger partial charge in [-0.1, -0.05) is 6.07 Å². The maximum Gasteiger partial charge on any atom is 0.416 e. The van der Waals surface area contributed by atoms with E-state index in [4.69, 9.17) is 15.2 Å². The molecule has 2 aliphatic rings. The molecule has 168 valence electrons. The van der Waals surface area contributed by atoms with Gasteiger partial charge in [0.1, 0.15) is 11.5 Å². The smallest absolute Gasteiger partial charge is 0.383 e. The summed E-state index contributed by atoms with van der Waals surface area (Å²) in [5, 5.41) is 0. The van der Waals surface area contributed by atoms with Gasteiger partial charge >= 0.3 is 6.18 Å². The van der Waals surface area contributed by atoms with Crippen LogP contribution >= 0.6 is 0 Å². The van der Waals surface area contributed by atoms with Crippen LogP contribution in [0, 0.1) is 0 Å². The van der Waals surface area contributed by atoms with E-state index in [1.165, 1.54) is 11.0 Å². The first-order valence-electron chi connectivity index (χ1n) is 10.1. The standard InChI is InChI=1S/C22H21F3N4O3/c1-10-18-14(8-32-10)19-15(28-20(18)26)6-16(27-19)21(30)29(2)17-9-31-7-11-5-12(22(23,24)25)3-4-13(11)17/h3-6,10,17,27H,7-9H2,1-2H3,(H2,26,28)/t10-,17-/m1/s1. The first-order chi connectivity index (χ1) is 15.1. The van der Waals surface area contributed by atoms with Gasteiger partial charge in [0.05, 0.1) is 48.6 Å². The van der Waals surface area contributed by atoms with Gasteiger partial charge < -0.3 is 25.1 Å². The summed E-state index contributed by atoms with van der Waals surface area (Å²) in [4.78, 5) is 22.3. The van der Waals surface area contributed by atoms with Gasteiger partial charge in [0.25, 0.3) is 5.91 Å². The normalized spacial score (nSPS) is 20.3. The van der Waals surface area contributed by atoms with Gasteiger partial charge in [-0.3, -0.25) is 4.79 Å². The molecule has 3 aromatic rings. The molecule has 5 rings (SSSR count). The molecule has 0 unspecified atom stereocenters. The number of alkyl halides is 3. The minimum atomic E-state index is -4.44. The van der Waals surface area contributed by atoms with Crippen molar-refractivity contribution < 1.29 is 27.4 Å². The maximum absolute atomic E-state index is 13.3. The van der Waals surface area contributed by atoms with Gasteiger partial charge in [0, 0.05) is 18.2 Å². The molecule has 32 heavy (non-hydrogen) atoms. The molecule has 2 atom stereocenters. The van der Waals surface area contributed by atoms with Crippen LogP contribution in [0.25, 0.3) is 11.0 Å². The molecule has 0 saturated carbocycles. The van der Waals surface area contributed by atoms with Crippen LogP contribution in [0.5, 0.6) is 0 Å². The molecule has 0 radical (unpaired) electrons. The highest BCUT2D eigenvalue weighted by molar-refractivity contribution is 5.98. The Bertz CT molecular complexity index is 1240. The number of nitrogens with two attached hydrogens (primary N) is 1. The van der Waals surface area contributed by atoms with Crippen LogP contribution in [-0.2, 0) is 28.9 Å². The Balaban J connectivity index is 1.48. The Kier molecular flexibility index (Phi) is 4.68. The van der Waals surface area contributed by atoms with Crippen molar-refractivity contribution in [3.8, 4) is 0 Å². The average molecular weight is 446 g/mol. The summed E-state index contributed by atoms with van der Waals surface area (Å²) < 4.78 is 50.4. The van der Waals surface area contributed by atoms with Crippen LogP contribution in [-0.4, -0.2) is 34.4 Å². The molecule has 0 spiro atoms. The van der Waals surface area contributed by atoms with Crippen LogP contribution < -0.4 is 5.73 Å². The molecule has 0 aliphatic carbocycles. The Morgan fingerprint density at radius 1 is 1.28 bits per heavy atom. The zero-order valence-corrected chi connectivity index (χ0v) is 17.4. The fourth-order valence-corrected chi connectivity index (χ4v) is 4.51. The predicted octanol–water partition coefficient (Wildman–Crippen LogP) is 4.10.